The molecule has 1 aliphatic carbocycles. The fraction of sp³-hybridized carbons (Fsp3) is 0.188. The summed E-state index contributed by atoms with van der Waals surface area (Å²) in [5, 5.41) is 7.16. The average Bonchev–Trinajstić information content (AvgIpc) is 3.19. The number of nitrogens with two attached hydrogens (primary N) is 1. The van der Waals surface area contributed by atoms with Gasteiger partial charge in [-0.2, -0.15) is 5.10 Å². The molecule has 3 heterocycles. The first-order valence-corrected chi connectivity index (χ1v) is 7.10. The van der Waals surface area contributed by atoms with E-state index in [0.717, 1.165) is 46.7 Å². The number of pyridine rings is 1. The van der Waals surface area contributed by atoms with E-state index in [1.807, 2.05) is 18.3 Å². The van der Waals surface area contributed by atoms with Gasteiger partial charge >= 0.3 is 0 Å². The van der Waals surface area contributed by atoms with Crippen molar-refractivity contribution in [1.82, 2.24) is 15.2 Å². The van der Waals surface area contributed by atoms with Crippen molar-refractivity contribution in [3.05, 3.63) is 41.3 Å². The van der Waals surface area contributed by atoms with Gasteiger partial charge in [0, 0.05) is 24.4 Å². The normalized spacial score (nSPS) is 13.3. The van der Waals surface area contributed by atoms with E-state index in [0.29, 0.717) is 5.82 Å². The highest BCUT2D eigenvalue weighted by molar-refractivity contribution is 5.97. The summed E-state index contributed by atoms with van der Waals surface area (Å²) in [7, 11) is 1.72. The second-order valence-corrected chi connectivity index (χ2v) is 5.25. The smallest absolute Gasteiger partial charge is 0.135 e. The summed E-state index contributed by atoms with van der Waals surface area (Å²) >= 11 is 0. The van der Waals surface area contributed by atoms with Gasteiger partial charge in [-0.05, 0) is 36.1 Å². The predicted octanol–water partition coefficient (Wildman–Crippen LogP) is 2.46. The van der Waals surface area contributed by atoms with Crippen LogP contribution < -0.4 is 5.73 Å². The summed E-state index contributed by atoms with van der Waals surface area (Å²) in [6.07, 6.45) is 7.04. The van der Waals surface area contributed by atoms with Crippen LogP contribution in [0.15, 0.2) is 34.0 Å². The highest BCUT2D eigenvalue weighted by atomic mass is 16.3. The van der Waals surface area contributed by atoms with Gasteiger partial charge in [0.15, 0.2) is 0 Å². The van der Waals surface area contributed by atoms with E-state index in [9.17, 15) is 0 Å². The highest BCUT2D eigenvalue weighted by Crippen LogP contribution is 2.39. The van der Waals surface area contributed by atoms with Crippen molar-refractivity contribution in [2.45, 2.75) is 12.8 Å². The minimum Gasteiger partial charge on any atom is -0.464 e. The monoisotopic (exact) mass is 293 g/mol. The van der Waals surface area contributed by atoms with Gasteiger partial charge in [-0.25, -0.2) is 4.98 Å². The van der Waals surface area contributed by atoms with Crippen molar-refractivity contribution >= 4 is 12.0 Å². The lowest BCUT2D eigenvalue weighted by atomic mass is 9.88. The third-order valence-corrected chi connectivity index (χ3v) is 3.99. The van der Waals surface area contributed by atoms with Crippen molar-refractivity contribution in [2.24, 2.45) is 4.99 Å². The molecule has 0 saturated heterocycles. The molecule has 0 spiro atoms. The third-order valence-electron chi connectivity index (χ3n) is 3.99. The second-order valence-electron chi connectivity index (χ2n) is 5.25. The van der Waals surface area contributed by atoms with Crippen molar-refractivity contribution in [3.63, 3.8) is 0 Å². The zero-order valence-electron chi connectivity index (χ0n) is 12.1. The number of nitrogen functional groups attached to an aromatic ring is 1. The number of hydrogen-bond acceptors (Lipinski definition) is 5. The maximum absolute atomic E-state index is 6.19. The molecule has 0 aliphatic heterocycles. The maximum atomic E-state index is 6.19. The maximum Gasteiger partial charge on any atom is 0.135 e. The molecule has 0 unspecified atom stereocenters. The number of hydrogen-bond donors (Lipinski definition) is 2. The largest absolute Gasteiger partial charge is 0.464 e. The SMILES string of the molecule is CN=Cc1c(N)nc2c(c1-c1ccco1)CCc1cn[nH]c1-2. The number of furan rings is 1. The molecule has 0 radical (unpaired) electrons. The number of nitrogens with one attached hydrogen (secondary N) is 1. The quantitative estimate of drug-likeness (QED) is 0.710. The van der Waals surface area contributed by atoms with Crippen LogP contribution in [0.2, 0.25) is 0 Å². The Balaban J connectivity index is 2.07. The molecule has 110 valence electrons. The number of anilines is 1. The van der Waals surface area contributed by atoms with Crippen LogP contribution in [-0.4, -0.2) is 28.4 Å². The number of aliphatic imine (C=N–C) groups is 1. The Labute approximate surface area is 127 Å². The van der Waals surface area contributed by atoms with Crippen LogP contribution in [0.3, 0.4) is 0 Å². The number of aromatic nitrogens is 3. The molecule has 0 amide bonds. The molecular formula is C16H15N5O. The number of H-pyrrole nitrogens is 1. The lowest BCUT2D eigenvalue weighted by Crippen LogP contribution is -2.11. The minimum atomic E-state index is 0.443. The Bertz CT molecular complexity index is 861. The van der Waals surface area contributed by atoms with Gasteiger partial charge in [0.1, 0.15) is 11.6 Å². The topological polar surface area (TPSA) is 93.1 Å². The molecule has 6 heteroatoms. The molecule has 6 nitrogen and oxygen atoms in total. The van der Waals surface area contributed by atoms with Crippen molar-refractivity contribution < 1.29 is 4.42 Å². The zero-order valence-corrected chi connectivity index (χ0v) is 12.1. The molecule has 22 heavy (non-hydrogen) atoms. The summed E-state index contributed by atoms with van der Waals surface area (Å²) in [6.45, 7) is 0. The summed E-state index contributed by atoms with van der Waals surface area (Å²) in [5.41, 5.74) is 12.1. The first-order chi connectivity index (χ1) is 10.8. The lowest BCUT2D eigenvalue weighted by Gasteiger charge is -2.20. The van der Waals surface area contributed by atoms with Gasteiger partial charge in [0.05, 0.1) is 23.8 Å². The van der Waals surface area contributed by atoms with E-state index >= 15 is 0 Å². The van der Waals surface area contributed by atoms with E-state index in [4.69, 9.17) is 10.2 Å². The number of aryl methyl sites for hydroxylation is 1. The Kier molecular flexibility index (Phi) is 2.82. The van der Waals surface area contributed by atoms with E-state index < -0.39 is 0 Å². The third kappa shape index (κ3) is 1.77. The van der Waals surface area contributed by atoms with Crippen LogP contribution in [0.25, 0.3) is 22.7 Å². The number of rotatable bonds is 2. The Morgan fingerprint density at radius 2 is 2.32 bits per heavy atom. The van der Waals surface area contributed by atoms with Gasteiger partial charge in [0.2, 0.25) is 0 Å². The first kappa shape index (κ1) is 12.8. The Hall–Kier alpha value is -2.89. The lowest BCUT2D eigenvalue weighted by molar-refractivity contribution is 0.581. The summed E-state index contributed by atoms with van der Waals surface area (Å²) in [4.78, 5) is 8.70. The Morgan fingerprint density at radius 1 is 1.41 bits per heavy atom. The molecule has 4 rings (SSSR count). The zero-order chi connectivity index (χ0) is 15.1. The highest BCUT2D eigenvalue weighted by Gasteiger charge is 2.26. The molecule has 0 fully saturated rings. The van der Waals surface area contributed by atoms with Crippen LogP contribution in [0.4, 0.5) is 5.82 Å². The van der Waals surface area contributed by atoms with Crippen LogP contribution in [0.1, 0.15) is 16.7 Å². The van der Waals surface area contributed by atoms with E-state index in [1.165, 1.54) is 5.56 Å². The fourth-order valence-electron chi connectivity index (χ4n) is 3.03. The minimum absolute atomic E-state index is 0.443. The molecule has 1 aliphatic rings. The summed E-state index contributed by atoms with van der Waals surface area (Å²) < 4.78 is 5.63. The molecule has 0 aromatic carbocycles. The molecule has 0 bridgehead atoms. The fourth-order valence-corrected chi connectivity index (χ4v) is 3.03. The second kappa shape index (κ2) is 4.84. The van der Waals surface area contributed by atoms with Crippen LogP contribution >= 0.6 is 0 Å². The average molecular weight is 293 g/mol. The molecule has 3 aromatic rings. The van der Waals surface area contributed by atoms with E-state index in [2.05, 4.69) is 20.2 Å². The molecule has 3 aromatic heterocycles. The van der Waals surface area contributed by atoms with Crippen LogP contribution in [-0.2, 0) is 12.8 Å². The number of aromatic amines is 1. The number of fused-ring (bicyclic) bond motifs is 3. The van der Waals surface area contributed by atoms with Crippen molar-refractivity contribution in [1.29, 1.82) is 0 Å². The first-order valence-electron chi connectivity index (χ1n) is 7.10. The van der Waals surface area contributed by atoms with Gasteiger partial charge in [0.25, 0.3) is 0 Å². The van der Waals surface area contributed by atoms with Crippen LogP contribution in [0.5, 0.6) is 0 Å². The van der Waals surface area contributed by atoms with Gasteiger partial charge < -0.3 is 10.2 Å². The Morgan fingerprint density at radius 3 is 3.09 bits per heavy atom. The standard InChI is InChI=1S/C16H15N5O/c1-18-8-11-13(12-3-2-6-22-12)10-5-4-9-7-19-21-14(9)15(10)20-16(11)17/h2-3,6-8H,4-5H2,1H3,(H2,17,20)(H,19,21). The number of nitrogens with zero attached hydrogens (tertiary/aromatic N) is 3. The predicted molar refractivity (Wildman–Crippen MR) is 84.9 cm³/mol. The molecule has 0 saturated carbocycles. The van der Waals surface area contributed by atoms with Crippen LogP contribution in [0, 0.1) is 0 Å². The van der Waals surface area contributed by atoms with Crippen molar-refractivity contribution in [2.75, 3.05) is 12.8 Å². The molecule has 3 N–H and O–H groups in total. The summed E-state index contributed by atoms with van der Waals surface area (Å²) in [6, 6.07) is 3.81. The van der Waals surface area contributed by atoms with Gasteiger partial charge in [-0.15, -0.1) is 0 Å². The molecule has 0 atom stereocenters. The molecular weight excluding hydrogens is 278 g/mol. The summed E-state index contributed by atoms with van der Waals surface area (Å²) in [5.74, 6) is 1.22. The van der Waals surface area contributed by atoms with Gasteiger partial charge in [-0.3, -0.25) is 10.1 Å². The van der Waals surface area contributed by atoms with Crippen molar-refractivity contribution in [3.8, 4) is 22.7 Å². The van der Waals surface area contributed by atoms with Gasteiger partial charge in [-0.1, -0.05) is 0 Å². The van der Waals surface area contributed by atoms with E-state index in [1.54, 1.807) is 19.5 Å². The van der Waals surface area contributed by atoms with E-state index in [-0.39, 0.29) is 0 Å².